The average Bonchev–Trinajstić information content (AvgIpc) is 2.52. The molecule has 0 radical (unpaired) electrons. The molecule has 0 saturated carbocycles. The monoisotopic (exact) mass is 308 g/mol. The summed E-state index contributed by atoms with van der Waals surface area (Å²) < 4.78 is 5.39. The van der Waals surface area contributed by atoms with Crippen molar-refractivity contribution in [1.29, 1.82) is 0 Å². The van der Waals surface area contributed by atoms with Crippen molar-refractivity contribution >= 4 is 11.8 Å². The van der Waals surface area contributed by atoms with Gasteiger partial charge in [0.15, 0.2) is 0 Å². The Labute approximate surface area is 130 Å². The van der Waals surface area contributed by atoms with Crippen LogP contribution >= 0.6 is 0 Å². The van der Waals surface area contributed by atoms with Gasteiger partial charge in [0.25, 0.3) is 0 Å². The molecule has 2 amide bonds. The number of unbranched alkanes of at least 4 members (excludes halogenated alkanes) is 1. The predicted octanol–water partition coefficient (Wildman–Crippen LogP) is 0.767. The van der Waals surface area contributed by atoms with Gasteiger partial charge >= 0.3 is 11.8 Å². The Kier molecular flexibility index (Phi) is 7.99. The highest BCUT2D eigenvalue weighted by molar-refractivity contribution is 6.35. The second-order valence-corrected chi connectivity index (χ2v) is 5.10. The third-order valence-corrected chi connectivity index (χ3v) is 2.98. The lowest BCUT2D eigenvalue weighted by atomic mass is 10.2. The van der Waals surface area contributed by atoms with Gasteiger partial charge in [-0.2, -0.15) is 0 Å². The van der Waals surface area contributed by atoms with Crippen LogP contribution in [-0.4, -0.2) is 42.7 Å². The van der Waals surface area contributed by atoms with Crippen molar-refractivity contribution in [2.45, 2.75) is 32.8 Å². The molecule has 0 aliphatic carbocycles. The SMILES string of the molecule is CCCCNC(=O)C(=O)NCC(O)COc1ccc(C)cc1. The lowest BCUT2D eigenvalue weighted by Crippen LogP contribution is -2.44. The maximum absolute atomic E-state index is 11.5. The van der Waals surface area contributed by atoms with Gasteiger partial charge in [-0.15, -0.1) is 0 Å². The summed E-state index contributed by atoms with van der Waals surface area (Å²) in [6.45, 7) is 4.45. The van der Waals surface area contributed by atoms with Crippen LogP contribution in [0.1, 0.15) is 25.3 Å². The Morgan fingerprint density at radius 1 is 1.18 bits per heavy atom. The Balaban J connectivity index is 2.21. The summed E-state index contributed by atoms with van der Waals surface area (Å²) in [5.41, 5.74) is 1.12. The number of carbonyl (C=O) groups is 2. The fraction of sp³-hybridized carbons (Fsp3) is 0.500. The zero-order chi connectivity index (χ0) is 16.4. The van der Waals surface area contributed by atoms with E-state index in [9.17, 15) is 14.7 Å². The van der Waals surface area contributed by atoms with Crippen LogP contribution in [0.25, 0.3) is 0 Å². The predicted molar refractivity (Wildman–Crippen MR) is 83.6 cm³/mol. The molecule has 0 saturated heterocycles. The highest BCUT2D eigenvalue weighted by Crippen LogP contribution is 2.11. The lowest BCUT2D eigenvalue weighted by molar-refractivity contribution is -0.139. The summed E-state index contributed by atoms with van der Waals surface area (Å²) in [4.78, 5) is 22.9. The zero-order valence-corrected chi connectivity index (χ0v) is 13.1. The molecule has 122 valence electrons. The van der Waals surface area contributed by atoms with Crippen molar-refractivity contribution < 1.29 is 19.4 Å². The van der Waals surface area contributed by atoms with Crippen molar-refractivity contribution in [3.05, 3.63) is 29.8 Å². The number of amides is 2. The molecule has 0 aromatic heterocycles. The molecular formula is C16H24N2O4. The van der Waals surface area contributed by atoms with E-state index in [4.69, 9.17) is 4.74 Å². The van der Waals surface area contributed by atoms with E-state index in [0.717, 1.165) is 18.4 Å². The van der Waals surface area contributed by atoms with Crippen LogP contribution in [0.15, 0.2) is 24.3 Å². The van der Waals surface area contributed by atoms with Gasteiger partial charge in [-0.05, 0) is 25.5 Å². The number of carbonyl (C=O) groups excluding carboxylic acids is 2. The summed E-state index contributed by atoms with van der Waals surface area (Å²) in [7, 11) is 0. The first-order chi connectivity index (χ1) is 10.5. The number of aryl methyl sites for hydroxylation is 1. The van der Waals surface area contributed by atoms with Crippen LogP contribution < -0.4 is 15.4 Å². The molecule has 22 heavy (non-hydrogen) atoms. The fourth-order valence-corrected chi connectivity index (χ4v) is 1.64. The van der Waals surface area contributed by atoms with Gasteiger partial charge in [0.1, 0.15) is 18.5 Å². The van der Waals surface area contributed by atoms with Crippen molar-refractivity contribution in [3.8, 4) is 5.75 Å². The van der Waals surface area contributed by atoms with E-state index in [1.54, 1.807) is 0 Å². The Morgan fingerprint density at radius 3 is 2.45 bits per heavy atom. The van der Waals surface area contributed by atoms with Gasteiger partial charge in [0, 0.05) is 13.1 Å². The number of ether oxygens (including phenoxy) is 1. The molecule has 1 rings (SSSR count). The Bertz CT molecular complexity index is 474. The quantitative estimate of drug-likeness (QED) is 0.489. The Morgan fingerprint density at radius 2 is 1.82 bits per heavy atom. The highest BCUT2D eigenvalue weighted by Gasteiger charge is 2.14. The van der Waals surface area contributed by atoms with E-state index in [1.165, 1.54) is 0 Å². The first kappa shape index (κ1) is 18.0. The molecule has 1 unspecified atom stereocenters. The minimum atomic E-state index is -0.881. The van der Waals surface area contributed by atoms with Gasteiger partial charge in [-0.1, -0.05) is 31.0 Å². The van der Waals surface area contributed by atoms with Crippen LogP contribution in [0.2, 0.25) is 0 Å². The number of aliphatic hydroxyl groups excluding tert-OH is 1. The molecule has 6 nitrogen and oxygen atoms in total. The van der Waals surface area contributed by atoms with Crippen molar-refractivity contribution in [2.24, 2.45) is 0 Å². The molecule has 1 atom stereocenters. The largest absolute Gasteiger partial charge is 0.491 e. The van der Waals surface area contributed by atoms with E-state index < -0.39 is 17.9 Å². The zero-order valence-electron chi connectivity index (χ0n) is 13.1. The minimum absolute atomic E-state index is 0.0358. The lowest BCUT2D eigenvalue weighted by Gasteiger charge is -2.13. The van der Waals surface area contributed by atoms with Crippen LogP contribution in [0.5, 0.6) is 5.75 Å². The van der Waals surface area contributed by atoms with E-state index in [-0.39, 0.29) is 13.2 Å². The molecule has 1 aromatic carbocycles. The molecule has 1 aromatic rings. The molecule has 0 fully saturated rings. The normalized spacial score (nSPS) is 11.6. The number of nitrogens with one attached hydrogen (secondary N) is 2. The van der Waals surface area contributed by atoms with Gasteiger partial charge in [-0.25, -0.2) is 0 Å². The van der Waals surface area contributed by atoms with Crippen LogP contribution in [0, 0.1) is 6.92 Å². The number of aliphatic hydroxyl groups is 1. The van der Waals surface area contributed by atoms with Crippen LogP contribution in [-0.2, 0) is 9.59 Å². The number of benzene rings is 1. The molecule has 3 N–H and O–H groups in total. The standard InChI is InChI=1S/C16H24N2O4/c1-3-4-9-17-15(20)16(21)18-10-13(19)11-22-14-7-5-12(2)6-8-14/h5-8,13,19H,3-4,9-11H2,1-2H3,(H,17,20)(H,18,21). The molecule has 0 heterocycles. The third kappa shape index (κ3) is 7.08. The summed E-state index contributed by atoms with van der Waals surface area (Å²) in [6, 6.07) is 7.43. The van der Waals surface area contributed by atoms with E-state index in [2.05, 4.69) is 10.6 Å². The molecule has 0 bridgehead atoms. The van der Waals surface area contributed by atoms with E-state index in [0.29, 0.717) is 12.3 Å². The van der Waals surface area contributed by atoms with Crippen molar-refractivity contribution in [3.63, 3.8) is 0 Å². The fourth-order valence-electron chi connectivity index (χ4n) is 1.64. The van der Waals surface area contributed by atoms with Gasteiger partial charge in [0.2, 0.25) is 0 Å². The van der Waals surface area contributed by atoms with Crippen LogP contribution in [0.4, 0.5) is 0 Å². The van der Waals surface area contributed by atoms with Gasteiger partial charge in [-0.3, -0.25) is 9.59 Å². The molecule has 0 spiro atoms. The Hall–Kier alpha value is -2.08. The van der Waals surface area contributed by atoms with Gasteiger partial charge in [0.05, 0.1) is 0 Å². The second kappa shape index (κ2) is 9.78. The van der Waals surface area contributed by atoms with Crippen molar-refractivity contribution in [1.82, 2.24) is 10.6 Å². The van der Waals surface area contributed by atoms with Crippen LogP contribution in [0.3, 0.4) is 0 Å². The second-order valence-electron chi connectivity index (χ2n) is 5.10. The number of hydrogen-bond donors (Lipinski definition) is 3. The highest BCUT2D eigenvalue weighted by atomic mass is 16.5. The summed E-state index contributed by atoms with van der Waals surface area (Å²) in [5, 5.41) is 14.6. The minimum Gasteiger partial charge on any atom is -0.491 e. The third-order valence-electron chi connectivity index (χ3n) is 2.98. The summed E-state index contributed by atoms with van der Waals surface area (Å²) in [6.07, 6.45) is 0.886. The van der Waals surface area contributed by atoms with Gasteiger partial charge < -0.3 is 20.5 Å². The summed E-state index contributed by atoms with van der Waals surface area (Å²) >= 11 is 0. The van der Waals surface area contributed by atoms with E-state index >= 15 is 0 Å². The number of hydrogen-bond acceptors (Lipinski definition) is 4. The molecular weight excluding hydrogens is 284 g/mol. The summed E-state index contributed by atoms with van der Waals surface area (Å²) in [5.74, 6) is -0.779. The first-order valence-corrected chi connectivity index (χ1v) is 7.46. The maximum atomic E-state index is 11.5. The molecule has 0 aliphatic rings. The maximum Gasteiger partial charge on any atom is 0.309 e. The molecule has 0 aliphatic heterocycles. The molecule has 6 heteroatoms. The smallest absolute Gasteiger partial charge is 0.309 e. The number of rotatable bonds is 8. The van der Waals surface area contributed by atoms with Crippen molar-refractivity contribution in [2.75, 3.05) is 19.7 Å². The topological polar surface area (TPSA) is 87.7 Å². The average molecular weight is 308 g/mol. The first-order valence-electron chi connectivity index (χ1n) is 7.46. The van der Waals surface area contributed by atoms with E-state index in [1.807, 2.05) is 38.1 Å².